The minimum atomic E-state index is 0.0175. The number of phenols is 1. The van der Waals surface area contributed by atoms with Crippen LogP contribution >= 0.6 is 0 Å². The van der Waals surface area contributed by atoms with Crippen molar-refractivity contribution in [1.29, 1.82) is 0 Å². The van der Waals surface area contributed by atoms with Crippen molar-refractivity contribution >= 4 is 12.1 Å². The van der Waals surface area contributed by atoms with Gasteiger partial charge in [-0.05, 0) is 85.5 Å². The van der Waals surface area contributed by atoms with E-state index in [9.17, 15) is 9.90 Å². The third kappa shape index (κ3) is 3.37. The molecular formula is C20H26N2O3. The molecule has 1 aromatic carbocycles. The summed E-state index contributed by atoms with van der Waals surface area (Å²) < 4.78 is 5.07. The first kappa shape index (κ1) is 16.4. The summed E-state index contributed by atoms with van der Waals surface area (Å²) in [6, 6.07) is 4.97. The van der Waals surface area contributed by atoms with Crippen LogP contribution in [0.15, 0.2) is 23.3 Å². The molecule has 4 bridgehead atoms. The zero-order valence-electron chi connectivity index (χ0n) is 14.7. The lowest BCUT2D eigenvalue weighted by Gasteiger charge is -2.56. The summed E-state index contributed by atoms with van der Waals surface area (Å²) in [6.45, 7) is 0. The molecule has 2 N–H and O–H groups in total. The summed E-state index contributed by atoms with van der Waals surface area (Å²) in [5, 5.41) is 13.7. The molecule has 5 nitrogen and oxygen atoms in total. The third-order valence-corrected chi connectivity index (χ3v) is 6.31. The van der Waals surface area contributed by atoms with Crippen LogP contribution in [0.3, 0.4) is 0 Å². The number of nitrogens with one attached hydrogen (secondary N) is 1. The highest BCUT2D eigenvalue weighted by Crippen LogP contribution is 2.61. The van der Waals surface area contributed by atoms with E-state index in [0.717, 1.165) is 23.3 Å². The minimum absolute atomic E-state index is 0.0175. The van der Waals surface area contributed by atoms with E-state index in [4.69, 9.17) is 4.74 Å². The van der Waals surface area contributed by atoms with Crippen molar-refractivity contribution in [2.24, 2.45) is 28.3 Å². The molecule has 5 rings (SSSR count). The fourth-order valence-corrected chi connectivity index (χ4v) is 5.84. The van der Waals surface area contributed by atoms with Gasteiger partial charge < -0.3 is 9.84 Å². The number of hydrogen-bond acceptors (Lipinski definition) is 4. The molecule has 0 aromatic heterocycles. The van der Waals surface area contributed by atoms with Crippen LogP contribution in [0, 0.1) is 23.2 Å². The van der Waals surface area contributed by atoms with Gasteiger partial charge in [0.2, 0.25) is 5.91 Å². The highest BCUT2D eigenvalue weighted by atomic mass is 16.5. The number of amides is 1. The Morgan fingerprint density at radius 3 is 2.52 bits per heavy atom. The molecule has 134 valence electrons. The molecule has 0 saturated heterocycles. The number of hydrogen-bond donors (Lipinski definition) is 2. The summed E-state index contributed by atoms with van der Waals surface area (Å²) in [5.74, 6) is 3.06. The predicted octanol–water partition coefficient (Wildman–Crippen LogP) is 3.46. The van der Waals surface area contributed by atoms with E-state index in [2.05, 4.69) is 10.5 Å². The van der Waals surface area contributed by atoms with Crippen LogP contribution in [-0.2, 0) is 4.79 Å². The zero-order chi connectivity index (χ0) is 17.4. The van der Waals surface area contributed by atoms with Gasteiger partial charge in [0.05, 0.1) is 13.3 Å². The molecule has 0 atom stereocenters. The van der Waals surface area contributed by atoms with Crippen molar-refractivity contribution in [3.05, 3.63) is 23.8 Å². The van der Waals surface area contributed by atoms with Gasteiger partial charge >= 0.3 is 0 Å². The Balaban J connectivity index is 1.35. The van der Waals surface area contributed by atoms with E-state index < -0.39 is 0 Å². The maximum atomic E-state index is 12.4. The predicted molar refractivity (Wildman–Crippen MR) is 95.6 cm³/mol. The Bertz CT molecular complexity index is 663. The topological polar surface area (TPSA) is 70.9 Å². The fourth-order valence-electron chi connectivity index (χ4n) is 5.84. The standard InChI is InChI=1S/C20H26N2O3/c1-25-18-7-13(2-3-17(18)23)12-21-22-19(24)11-20-8-14-4-15(9-20)6-16(5-14)10-20/h2-3,7,12,14-16,23H,4-6,8-11H2,1H3,(H,22,24)/b21-12+. The van der Waals surface area contributed by atoms with Crippen molar-refractivity contribution in [2.75, 3.05) is 7.11 Å². The Labute approximate surface area is 148 Å². The molecule has 1 aromatic rings. The van der Waals surface area contributed by atoms with Crippen LogP contribution in [0.4, 0.5) is 0 Å². The van der Waals surface area contributed by atoms with Gasteiger partial charge in [0.25, 0.3) is 0 Å². The first-order valence-corrected chi connectivity index (χ1v) is 9.24. The van der Waals surface area contributed by atoms with E-state index in [1.54, 1.807) is 24.4 Å². The van der Waals surface area contributed by atoms with Gasteiger partial charge in [0.1, 0.15) is 0 Å². The molecule has 1 amide bonds. The molecule has 4 aliphatic carbocycles. The molecule has 0 heterocycles. The van der Waals surface area contributed by atoms with Crippen LogP contribution in [0.2, 0.25) is 0 Å². The van der Waals surface area contributed by atoms with Gasteiger partial charge in [-0.1, -0.05) is 0 Å². The number of ether oxygens (including phenoxy) is 1. The number of benzene rings is 1. The fraction of sp³-hybridized carbons (Fsp3) is 0.600. The van der Waals surface area contributed by atoms with Crippen molar-refractivity contribution in [1.82, 2.24) is 5.43 Å². The van der Waals surface area contributed by atoms with E-state index in [-0.39, 0.29) is 17.1 Å². The second kappa shape index (κ2) is 6.36. The van der Waals surface area contributed by atoms with Crippen LogP contribution in [0.5, 0.6) is 11.5 Å². The number of phenolic OH excluding ortho intramolecular Hbond substituents is 1. The van der Waals surface area contributed by atoms with Gasteiger partial charge in [-0.25, -0.2) is 5.43 Å². The number of carbonyl (C=O) groups is 1. The Kier molecular flexibility index (Phi) is 4.18. The van der Waals surface area contributed by atoms with Crippen molar-refractivity contribution in [3.63, 3.8) is 0 Å². The molecule has 0 aliphatic heterocycles. The van der Waals surface area contributed by atoms with Gasteiger partial charge in [-0.15, -0.1) is 0 Å². The second-order valence-electron chi connectivity index (χ2n) is 8.32. The molecule has 4 aliphatic rings. The Hall–Kier alpha value is -2.04. The van der Waals surface area contributed by atoms with E-state index in [0.29, 0.717) is 12.2 Å². The highest BCUT2D eigenvalue weighted by molar-refractivity contribution is 5.83. The van der Waals surface area contributed by atoms with Gasteiger partial charge in [-0.3, -0.25) is 4.79 Å². The SMILES string of the molecule is COc1cc(/C=N/NC(=O)CC23CC4CC(CC(C4)C2)C3)ccc1O. The summed E-state index contributed by atoms with van der Waals surface area (Å²) in [5.41, 5.74) is 3.69. The maximum absolute atomic E-state index is 12.4. The number of nitrogens with zero attached hydrogens (tertiary/aromatic N) is 1. The van der Waals surface area contributed by atoms with Crippen molar-refractivity contribution in [3.8, 4) is 11.5 Å². The lowest BCUT2D eigenvalue weighted by atomic mass is 9.49. The molecular weight excluding hydrogens is 316 g/mol. The quantitative estimate of drug-likeness (QED) is 0.636. The number of carbonyl (C=O) groups excluding carboxylic acids is 1. The minimum Gasteiger partial charge on any atom is -0.504 e. The second-order valence-corrected chi connectivity index (χ2v) is 8.32. The average molecular weight is 342 g/mol. The average Bonchev–Trinajstić information content (AvgIpc) is 2.54. The van der Waals surface area contributed by atoms with Gasteiger partial charge in [0.15, 0.2) is 11.5 Å². The van der Waals surface area contributed by atoms with Crippen molar-refractivity contribution in [2.45, 2.75) is 44.9 Å². The largest absolute Gasteiger partial charge is 0.504 e. The number of hydrazone groups is 1. The van der Waals surface area contributed by atoms with E-state index in [1.165, 1.54) is 45.6 Å². The van der Waals surface area contributed by atoms with Gasteiger partial charge in [0, 0.05) is 6.42 Å². The number of methoxy groups -OCH3 is 1. The monoisotopic (exact) mass is 342 g/mol. The van der Waals surface area contributed by atoms with Crippen LogP contribution in [-0.4, -0.2) is 24.3 Å². The first-order valence-electron chi connectivity index (χ1n) is 9.24. The molecule has 4 fully saturated rings. The summed E-state index contributed by atoms with van der Waals surface area (Å²) in [4.78, 5) is 12.4. The molecule has 5 heteroatoms. The first-order chi connectivity index (χ1) is 12.0. The third-order valence-electron chi connectivity index (χ3n) is 6.31. The van der Waals surface area contributed by atoms with Crippen LogP contribution in [0.25, 0.3) is 0 Å². The molecule has 0 spiro atoms. The van der Waals surface area contributed by atoms with Crippen molar-refractivity contribution < 1.29 is 14.6 Å². The molecule has 0 radical (unpaired) electrons. The van der Waals surface area contributed by atoms with E-state index >= 15 is 0 Å². The lowest BCUT2D eigenvalue weighted by molar-refractivity contribution is -0.129. The Morgan fingerprint density at radius 2 is 1.92 bits per heavy atom. The summed E-state index contributed by atoms with van der Waals surface area (Å²) in [7, 11) is 1.50. The summed E-state index contributed by atoms with van der Waals surface area (Å²) >= 11 is 0. The van der Waals surface area contributed by atoms with Crippen LogP contribution in [0.1, 0.15) is 50.5 Å². The number of rotatable bonds is 5. The Morgan fingerprint density at radius 1 is 1.28 bits per heavy atom. The lowest BCUT2D eigenvalue weighted by Crippen LogP contribution is -2.47. The number of aromatic hydroxyl groups is 1. The smallest absolute Gasteiger partial charge is 0.240 e. The molecule has 25 heavy (non-hydrogen) atoms. The molecule has 0 unspecified atom stereocenters. The highest BCUT2D eigenvalue weighted by Gasteiger charge is 2.51. The zero-order valence-corrected chi connectivity index (χ0v) is 14.7. The molecule has 4 saturated carbocycles. The van der Waals surface area contributed by atoms with Crippen LogP contribution < -0.4 is 10.2 Å². The van der Waals surface area contributed by atoms with Gasteiger partial charge in [-0.2, -0.15) is 5.10 Å². The summed E-state index contributed by atoms with van der Waals surface area (Å²) in [6.07, 6.45) is 10.0. The maximum Gasteiger partial charge on any atom is 0.240 e. The van der Waals surface area contributed by atoms with E-state index in [1.807, 2.05) is 0 Å². The normalized spacial score (nSPS) is 32.9.